The molecule has 2 atom stereocenters. The zero-order chi connectivity index (χ0) is 22.1. The van der Waals surface area contributed by atoms with Crippen molar-refractivity contribution in [3.63, 3.8) is 0 Å². The van der Waals surface area contributed by atoms with Crippen molar-refractivity contribution in [1.82, 2.24) is 9.78 Å². The molecule has 0 unspecified atom stereocenters. The minimum Gasteiger partial charge on any atom is -0.321 e. The number of fused-ring (bicyclic) bond motifs is 6. The fourth-order valence-corrected chi connectivity index (χ4v) is 6.10. The third kappa shape index (κ3) is 2.49. The zero-order valence-electron chi connectivity index (χ0n) is 18.7. The first-order chi connectivity index (χ1) is 15.4. The molecule has 4 nitrogen and oxygen atoms in total. The van der Waals surface area contributed by atoms with Crippen molar-refractivity contribution >= 4 is 22.4 Å². The van der Waals surface area contributed by atoms with Gasteiger partial charge in [0, 0.05) is 16.7 Å². The van der Waals surface area contributed by atoms with E-state index in [2.05, 4.69) is 50.4 Å². The number of hydrogen-bond donors (Lipinski definition) is 1. The van der Waals surface area contributed by atoms with Crippen LogP contribution < -0.4 is 5.32 Å². The first kappa shape index (κ1) is 19.3. The van der Waals surface area contributed by atoms with Crippen LogP contribution in [0.15, 0.2) is 72.8 Å². The second-order valence-corrected chi connectivity index (χ2v) is 10.0. The highest BCUT2D eigenvalue weighted by molar-refractivity contribution is 6.05. The van der Waals surface area contributed by atoms with Crippen molar-refractivity contribution < 1.29 is 4.79 Å². The summed E-state index contributed by atoms with van der Waals surface area (Å²) < 4.78 is 2.03. The second-order valence-electron chi connectivity index (χ2n) is 10.0. The molecule has 2 aliphatic rings. The van der Waals surface area contributed by atoms with Crippen molar-refractivity contribution in [2.45, 2.75) is 44.9 Å². The Bertz CT molecular complexity index is 1370. The fraction of sp³-hybridized carbons (Fsp3) is 0.286. The molecule has 1 N–H and O–H groups in total. The van der Waals surface area contributed by atoms with E-state index < -0.39 is 0 Å². The molecule has 1 aromatic heterocycles. The van der Waals surface area contributed by atoms with Gasteiger partial charge in [0.05, 0.1) is 11.4 Å². The molecule has 0 aliphatic heterocycles. The average molecular weight is 422 g/mol. The van der Waals surface area contributed by atoms with E-state index in [1.165, 1.54) is 5.69 Å². The molecule has 6 rings (SSSR count). The Morgan fingerprint density at radius 1 is 0.969 bits per heavy atom. The molecule has 32 heavy (non-hydrogen) atoms. The van der Waals surface area contributed by atoms with Gasteiger partial charge in [0.25, 0.3) is 5.91 Å². The van der Waals surface area contributed by atoms with Crippen LogP contribution >= 0.6 is 0 Å². The van der Waals surface area contributed by atoms with Crippen LogP contribution in [0.2, 0.25) is 0 Å². The lowest BCUT2D eigenvalue weighted by atomic mass is 9.70. The Morgan fingerprint density at radius 3 is 2.47 bits per heavy atom. The van der Waals surface area contributed by atoms with Crippen LogP contribution in [0.25, 0.3) is 16.5 Å². The Labute approximate surface area is 188 Å². The second kappa shape index (κ2) is 6.55. The predicted octanol–water partition coefficient (Wildman–Crippen LogP) is 6.45. The summed E-state index contributed by atoms with van der Waals surface area (Å²) in [5.74, 6) is 0.218. The van der Waals surface area contributed by atoms with Crippen LogP contribution in [-0.4, -0.2) is 15.7 Å². The molecule has 4 heteroatoms. The number of nitrogens with one attached hydrogen (secondary N) is 1. The highest BCUT2D eigenvalue weighted by atomic mass is 16.2. The van der Waals surface area contributed by atoms with Gasteiger partial charge in [-0.15, -0.1) is 0 Å². The van der Waals surface area contributed by atoms with Gasteiger partial charge in [-0.1, -0.05) is 69.3 Å². The summed E-state index contributed by atoms with van der Waals surface area (Å²) in [6, 6.07) is 24.4. The molecule has 1 amide bonds. The maximum absolute atomic E-state index is 13.6. The van der Waals surface area contributed by atoms with Gasteiger partial charge in [-0.2, -0.15) is 5.10 Å². The number of hydrogen-bond acceptors (Lipinski definition) is 2. The number of carbonyl (C=O) groups is 1. The number of amides is 1. The summed E-state index contributed by atoms with van der Waals surface area (Å²) in [5, 5.41) is 10.3. The maximum Gasteiger partial charge on any atom is 0.276 e. The van der Waals surface area contributed by atoms with Gasteiger partial charge >= 0.3 is 0 Å². The molecule has 4 aromatic rings. The van der Waals surface area contributed by atoms with E-state index >= 15 is 0 Å². The largest absolute Gasteiger partial charge is 0.321 e. The van der Waals surface area contributed by atoms with Gasteiger partial charge in [0.1, 0.15) is 0 Å². The Hall–Kier alpha value is -3.40. The quantitative estimate of drug-likeness (QED) is 0.413. The molecule has 2 aliphatic carbocycles. The van der Waals surface area contributed by atoms with Crippen LogP contribution in [0.4, 0.5) is 5.69 Å². The monoisotopic (exact) mass is 421 g/mol. The number of benzene rings is 3. The van der Waals surface area contributed by atoms with Gasteiger partial charge in [0.15, 0.2) is 5.69 Å². The molecule has 1 saturated carbocycles. The van der Waals surface area contributed by atoms with E-state index in [-0.39, 0.29) is 16.7 Å². The molecule has 160 valence electrons. The molecule has 0 radical (unpaired) electrons. The number of nitrogens with zero attached hydrogens (tertiary/aromatic N) is 2. The molecule has 1 fully saturated rings. The van der Waals surface area contributed by atoms with Crippen LogP contribution in [0.1, 0.15) is 61.3 Å². The number of aromatic nitrogens is 2. The van der Waals surface area contributed by atoms with Gasteiger partial charge in [0.2, 0.25) is 0 Å². The lowest BCUT2D eigenvalue weighted by molar-refractivity contribution is 0.101. The first-order valence-corrected chi connectivity index (χ1v) is 11.4. The third-order valence-corrected chi connectivity index (χ3v) is 8.24. The Morgan fingerprint density at radius 2 is 1.69 bits per heavy atom. The van der Waals surface area contributed by atoms with Crippen LogP contribution in [0.5, 0.6) is 0 Å². The van der Waals surface area contributed by atoms with Crippen LogP contribution in [0.3, 0.4) is 0 Å². The maximum atomic E-state index is 13.6. The zero-order valence-corrected chi connectivity index (χ0v) is 18.7. The van der Waals surface area contributed by atoms with Gasteiger partial charge in [-0.3, -0.25) is 4.79 Å². The summed E-state index contributed by atoms with van der Waals surface area (Å²) in [5.41, 5.74) is 4.83. The van der Waals surface area contributed by atoms with E-state index in [0.717, 1.165) is 40.6 Å². The lowest BCUT2D eigenvalue weighted by Crippen LogP contribution is -2.33. The minimum absolute atomic E-state index is 0.00266. The van der Waals surface area contributed by atoms with Crippen molar-refractivity contribution in [3.05, 3.63) is 89.7 Å². The SMILES string of the molecule is CC1(C)[C@@H]2CC[C@]1(C)c1c2c(C(=O)Nc2ccc3ccccc3c2)nn1-c1ccccc1. The van der Waals surface area contributed by atoms with E-state index in [1.807, 2.05) is 53.2 Å². The lowest BCUT2D eigenvalue weighted by Gasteiger charge is -2.35. The summed E-state index contributed by atoms with van der Waals surface area (Å²) in [7, 11) is 0. The molecule has 0 spiro atoms. The number of carbonyl (C=O) groups excluding carboxylic acids is 1. The molecular weight excluding hydrogens is 394 g/mol. The summed E-state index contributed by atoms with van der Waals surface area (Å²) >= 11 is 0. The summed E-state index contributed by atoms with van der Waals surface area (Å²) in [4.78, 5) is 13.6. The highest BCUT2D eigenvalue weighted by Crippen LogP contribution is 2.68. The molecule has 2 bridgehead atoms. The fourth-order valence-electron chi connectivity index (χ4n) is 6.10. The standard InChI is InChI=1S/C28H27N3O/c1-27(2)22-15-16-28(27,3)25-23(22)24(30-31(25)21-11-5-4-6-12-21)26(32)29-20-14-13-18-9-7-8-10-19(18)17-20/h4-14,17,22H,15-16H2,1-3H3,(H,29,32)/t22-,28-/m1/s1. The molecule has 1 heterocycles. The van der Waals surface area contributed by atoms with E-state index in [4.69, 9.17) is 5.10 Å². The van der Waals surface area contributed by atoms with Crippen molar-refractivity contribution in [1.29, 1.82) is 0 Å². The smallest absolute Gasteiger partial charge is 0.276 e. The Kier molecular flexibility index (Phi) is 3.95. The topological polar surface area (TPSA) is 46.9 Å². The van der Waals surface area contributed by atoms with E-state index in [1.54, 1.807) is 0 Å². The van der Waals surface area contributed by atoms with Gasteiger partial charge in [-0.05, 0) is 59.2 Å². The Balaban J connectivity index is 1.47. The number of para-hydroxylation sites is 1. The molecule has 3 aromatic carbocycles. The number of rotatable bonds is 3. The highest BCUT2D eigenvalue weighted by Gasteiger charge is 2.63. The normalized spacial score (nSPS) is 22.8. The molecular formula is C28H27N3O. The third-order valence-electron chi connectivity index (χ3n) is 8.24. The summed E-state index contributed by atoms with van der Waals surface area (Å²) in [6.07, 6.45) is 2.23. The van der Waals surface area contributed by atoms with Crippen LogP contribution in [0, 0.1) is 5.41 Å². The van der Waals surface area contributed by atoms with E-state index in [0.29, 0.717) is 11.6 Å². The summed E-state index contributed by atoms with van der Waals surface area (Å²) in [6.45, 7) is 7.06. The van der Waals surface area contributed by atoms with Gasteiger partial charge in [-0.25, -0.2) is 4.68 Å². The van der Waals surface area contributed by atoms with Crippen molar-refractivity contribution in [2.24, 2.45) is 5.41 Å². The average Bonchev–Trinajstić information content (AvgIpc) is 3.36. The first-order valence-electron chi connectivity index (χ1n) is 11.4. The van der Waals surface area contributed by atoms with Crippen molar-refractivity contribution in [2.75, 3.05) is 5.32 Å². The number of anilines is 1. The molecule has 0 saturated heterocycles. The van der Waals surface area contributed by atoms with Crippen molar-refractivity contribution in [3.8, 4) is 5.69 Å². The van der Waals surface area contributed by atoms with Crippen LogP contribution in [-0.2, 0) is 5.41 Å². The van der Waals surface area contributed by atoms with Gasteiger partial charge < -0.3 is 5.32 Å². The minimum atomic E-state index is -0.127. The predicted molar refractivity (Wildman–Crippen MR) is 129 cm³/mol. The van der Waals surface area contributed by atoms with E-state index in [9.17, 15) is 4.79 Å².